The van der Waals surface area contributed by atoms with Gasteiger partial charge in [-0.1, -0.05) is 30.3 Å². The lowest BCUT2D eigenvalue weighted by atomic mass is 9.99. The number of piperazine rings is 1. The summed E-state index contributed by atoms with van der Waals surface area (Å²) in [5.41, 5.74) is 1.55. The van der Waals surface area contributed by atoms with E-state index in [0.717, 1.165) is 10.9 Å². The van der Waals surface area contributed by atoms with Crippen molar-refractivity contribution in [2.24, 2.45) is 7.05 Å². The largest absolute Gasteiger partial charge is 0.507 e. The van der Waals surface area contributed by atoms with Gasteiger partial charge >= 0.3 is 0 Å². The van der Waals surface area contributed by atoms with E-state index in [9.17, 15) is 14.7 Å². The molecule has 11 heteroatoms. The third-order valence-electron chi connectivity index (χ3n) is 7.21. The van der Waals surface area contributed by atoms with E-state index in [1.54, 1.807) is 26.7 Å². The van der Waals surface area contributed by atoms with Crippen molar-refractivity contribution in [1.82, 2.24) is 24.6 Å². The van der Waals surface area contributed by atoms with Crippen molar-refractivity contribution >= 4 is 34.3 Å². The molecule has 1 atom stereocenters. The zero-order chi connectivity index (χ0) is 27.4. The molecule has 1 N–H and O–H groups in total. The molecular weight excluding hydrogens is 525 g/mol. The lowest BCUT2D eigenvalue weighted by Crippen LogP contribution is -2.57. The van der Waals surface area contributed by atoms with Crippen LogP contribution in [0.5, 0.6) is 11.5 Å². The van der Waals surface area contributed by atoms with Crippen LogP contribution in [-0.4, -0.2) is 73.8 Å². The van der Waals surface area contributed by atoms with Gasteiger partial charge in [-0.2, -0.15) is 5.10 Å². The fourth-order valence-electron chi connectivity index (χ4n) is 5.23. The molecule has 6 rings (SSSR count). The normalized spacial score (nSPS) is 16.9. The minimum atomic E-state index is -0.728. The van der Waals surface area contributed by atoms with Crippen LogP contribution in [-0.2, 0) is 11.8 Å². The molecule has 0 saturated carbocycles. The lowest BCUT2D eigenvalue weighted by Gasteiger charge is -2.39. The molecule has 0 radical (unpaired) electrons. The van der Waals surface area contributed by atoms with Crippen molar-refractivity contribution in [3.05, 3.63) is 71.7 Å². The van der Waals surface area contributed by atoms with Crippen LogP contribution in [0, 0.1) is 5.82 Å². The number of pyridine rings is 1. The van der Waals surface area contributed by atoms with Gasteiger partial charge in [-0.3, -0.25) is 14.3 Å². The van der Waals surface area contributed by atoms with Crippen molar-refractivity contribution in [3.63, 3.8) is 0 Å². The number of ether oxygens (including phenoxy) is 1. The van der Waals surface area contributed by atoms with Gasteiger partial charge in [0.15, 0.2) is 5.75 Å². The number of aromatic hydroxyl groups is 1. The summed E-state index contributed by atoms with van der Waals surface area (Å²) in [6, 6.07) is 8.93. The lowest BCUT2D eigenvalue weighted by molar-refractivity contribution is -0.128. The Morgan fingerprint density at radius 2 is 2.05 bits per heavy atom. The third-order valence-corrected chi connectivity index (χ3v) is 7.56. The number of hydrogen-bond acceptors (Lipinski definition) is 6. The van der Waals surface area contributed by atoms with Crippen LogP contribution in [0.4, 0.5) is 4.39 Å². The first-order valence-corrected chi connectivity index (χ1v) is 12.6. The third kappa shape index (κ3) is 3.99. The number of aryl methyl sites for hydroxylation is 1. The predicted octanol–water partition coefficient (Wildman–Crippen LogP) is 4.03. The smallest absolute Gasteiger partial charge is 0.260 e. The SMILES string of the molecule is C=CC(=O)N1CCN2C(=O)c3c(-c4ccc5c(cnn5C)c4)nc(-c4c(O)cccc4F)c(Cl)c3OCC2C1. The monoisotopic (exact) mass is 547 g/mol. The summed E-state index contributed by atoms with van der Waals surface area (Å²) in [6.45, 7) is 4.47. The van der Waals surface area contributed by atoms with Crippen LogP contribution >= 0.6 is 11.6 Å². The molecule has 1 saturated heterocycles. The molecule has 2 amide bonds. The molecule has 0 bridgehead atoms. The summed E-state index contributed by atoms with van der Waals surface area (Å²) in [6.07, 6.45) is 2.94. The molecule has 0 spiro atoms. The molecule has 9 nitrogen and oxygen atoms in total. The molecule has 4 heterocycles. The number of aromatic nitrogens is 3. The second kappa shape index (κ2) is 9.39. The first kappa shape index (κ1) is 24.9. The Labute approximate surface area is 227 Å². The molecule has 2 aromatic carbocycles. The summed E-state index contributed by atoms with van der Waals surface area (Å²) in [5, 5.41) is 15.6. The first-order valence-electron chi connectivity index (χ1n) is 12.3. The van der Waals surface area contributed by atoms with Crippen molar-refractivity contribution < 1.29 is 23.8 Å². The summed E-state index contributed by atoms with van der Waals surface area (Å²) < 4.78 is 22.9. The summed E-state index contributed by atoms with van der Waals surface area (Å²) in [7, 11) is 1.82. The number of benzene rings is 2. The van der Waals surface area contributed by atoms with E-state index in [-0.39, 0.29) is 70.5 Å². The highest BCUT2D eigenvalue weighted by Crippen LogP contribution is 2.46. The number of fused-ring (bicyclic) bond motifs is 3. The van der Waals surface area contributed by atoms with E-state index in [2.05, 4.69) is 16.7 Å². The molecule has 1 unspecified atom stereocenters. The Morgan fingerprint density at radius 3 is 2.82 bits per heavy atom. The van der Waals surface area contributed by atoms with Crippen LogP contribution in [0.1, 0.15) is 10.4 Å². The Hall–Kier alpha value is -4.44. The molecular formula is C28H23ClFN5O4. The fourth-order valence-corrected chi connectivity index (χ4v) is 5.51. The van der Waals surface area contributed by atoms with Gasteiger partial charge in [-0.05, 0) is 30.3 Å². The average molecular weight is 548 g/mol. The van der Waals surface area contributed by atoms with Gasteiger partial charge < -0.3 is 19.6 Å². The van der Waals surface area contributed by atoms with Gasteiger partial charge in [0.25, 0.3) is 5.91 Å². The Balaban J connectivity index is 1.57. The number of carbonyl (C=O) groups is 2. The number of phenolic OH excluding ortho intramolecular Hbond substituents is 1. The Bertz CT molecular complexity index is 1670. The highest BCUT2D eigenvalue weighted by molar-refractivity contribution is 6.35. The summed E-state index contributed by atoms with van der Waals surface area (Å²) in [5.74, 6) is -1.63. The van der Waals surface area contributed by atoms with Gasteiger partial charge in [-0.15, -0.1) is 0 Å². The van der Waals surface area contributed by atoms with Gasteiger partial charge in [0, 0.05) is 37.6 Å². The minimum Gasteiger partial charge on any atom is -0.507 e. The van der Waals surface area contributed by atoms with Crippen LogP contribution in [0.2, 0.25) is 5.02 Å². The Kier molecular flexibility index (Phi) is 5.99. The standard InChI is InChI=1S/C28H23ClFN5O4/c1-3-21(37)34-9-10-35-17(13-34)14-39-27-23(28(35)38)25(15-7-8-19-16(11-15)12-31-33(19)2)32-26(24(27)29)22-18(30)5-4-6-20(22)36/h3-8,11-12,17,36H,1,9-10,13-14H2,2H3. The van der Waals surface area contributed by atoms with E-state index in [1.165, 1.54) is 24.3 Å². The number of nitrogens with zero attached hydrogens (tertiary/aromatic N) is 5. The number of carbonyl (C=O) groups excluding carboxylic acids is 2. The highest BCUT2D eigenvalue weighted by atomic mass is 35.5. The molecule has 198 valence electrons. The van der Waals surface area contributed by atoms with Gasteiger partial charge in [0.05, 0.1) is 29.0 Å². The van der Waals surface area contributed by atoms with Crippen LogP contribution in [0.15, 0.2) is 55.3 Å². The van der Waals surface area contributed by atoms with Gasteiger partial charge in [0.2, 0.25) is 5.91 Å². The van der Waals surface area contributed by atoms with Crippen molar-refractivity contribution in [2.45, 2.75) is 6.04 Å². The molecule has 2 aromatic heterocycles. The number of phenols is 1. The van der Waals surface area contributed by atoms with E-state index in [1.807, 2.05) is 19.2 Å². The predicted molar refractivity (Wildman–Crippen MR) is 143 cm³/mol. The second-order valence-corrected chi connectivity index (χ2v) is 9.83. The van der Waals surface area contributed by atoms with E-state index in [4.69, 9.17) is 16.3 Å². The van der Waals surface area contributed by atoms with Gasteiger partial charge in [0.1, 0.15) is 34.5 Å². The maximum Gasteiger partial charge on any atom is 0.260 e. The maximum absolute atomic E-state index is 15.0. The molecule has 0 aliphatic carbocycles. The van der Waals surface area contributed by atoms with E-state index < -0.39 is 11.9 Å². The maximum atomic E-state index is 15.0. The Morgan fingerprint density at radius 1 is 1.23 bits per heavy atom. The topological polar surface area (TPSA) is 101 Å². The van der Waals surface area contributed by atoms with Crippen molar-refractivity contribution in [2.75, 3.05) is 26.2 Å². The van der Waals surface area contributed by atoms with Crippen LogP contribution in [0.3, 0.4) is 0 Å². The quantitative estimate of drug-likeness (QED) is 0.389. The molecule has 39 heavy (non-hydrogen) atoms. The molecule has 2 aliphatic heterocycles. The number of halogens is 2. The summed E-state index contributed by atoms with van der Waals surface area (Å²) >= 11 is 6.77. The van der Waals surface area contributed by atoms with Crippen molar-refractivity contribution in [3.8, 4) is 34.0 Å². The fraction of sp³-hybridized carbons (Fsp3) is 0.214. The molecule has 2 aliphatic rings. The van der Waals surface area contributed by atoms with Gasteiger partial charge in [-0.25, -0.2) is 9.37 Å². The number of amides is 2. The first-order chi connectivity index (χ1) is 18.8. The molecule has 4 aromatic rings. The van der Waals surface area contributed by atoms with Crippen molar-refractivity contribution in [1.29, 1.82) is 0 Å². The average Bonchev–Trinajstić information content (AvgIpc) is 3.24. The highest BCUT2D eigenvalue weighted by Gasteiger charge is 2.40. The number of hydrogen-bond donors (Lipinski definition) is 1. The second-order valence-electron chi connectivity index (χ2n) is 9.45. The van der Waals surface area contributed by atoms with E-state index >= 15 is 4.39 Å². The van der Waals surface area contributed by atoms with E-state index in [0.29, 0.717) is 12.1 Å². The zero-order valence-electron chi connectivity index (χ0n) is 20.9. The zero-order valence-corrected chi connectivity index (χ0v) is 21.7. The molecule has 1 fully saturated rings. The van der Waals surface area contributed by atoms with Crippen LogP contribution in [0.25, 0.3) is 33.4 Å². The van der Waals surface area contributed by atoms with Crippen LogP contribution < -0.4 is 4.74 Å². The summed E-state index contributed by atoms with van der Waals surface area (Å²) in [4.78, 5) is 34.3. The number of rotatable bonds is 3. The minimum absolute atomic E-state index is 0.0478.